The van der Waals surface area contributed by atoms with Gasteiger partial charge in [-0.3, -0.25) is 0 Å². The molecule has 0 aliphatic heterocycles. The highest BCUT2D eigenvalue weighted by Crippen LogP contribution is 2.21. The summed E-state index contributed by atoms with van der Waals surface area (Å²) in [5.41, 5.74) is 2.68. The minimum atomic E-state index is 0.305. The zero-order chi connectivity index (χ0) is 12.2. The Hall–Kier alpha value is -0.470. The van der Waals surface area contributed by atoms with E-state index in [1.54, 1.807) is 0 Å². The van der Waals surface area contributed by atoms with Crippen LogP contribution in [0.3, 0.4) is 0 Å². The van der Waals surface area contributed by atoms with Crippen LogP contribution in [0.15, 0.2) is 24.3 Å². The number of hydrogen-bond acceptors (Lipinski definition) is 2. The molecule has 1 atom stereocenters. The maximum atomic E-state index is 3.59. The van der Waals surface area contributed by atoms with E-state index in [0.717, 1.165) is 6.54 Å². The maximum Gasteiger partial charge on any atom is 0.0292 e. The van der Waals surface area contributed by atoms with Gasteiger partial charge in [-0.05, 0) is 39.5 Å². The van der Waals surface area contributed by atoms with Gasteiger partial charge in [0, 0.05) is 17.3 Å². The Morgan fingerprint density at radius 3 is 2.31 bits per heavy atom. The zero-order valence-electron chi connectivity index (χ0n) is 11.0. The molecule has 1 aromatic rings. The standard InChI is InChI=1S/C14H23NS/c1-11-6-8-13(9-7-11)12(2)15-10-14(3,4)16-5/h6-9,12,15H,10H2,1-5H3. The molecular weight excluding hydrogens is 214 g/mol. The first-order valence-electron chi connectivity index (χ1n) is 5.80. The lowest BCUT2D eigenvalue weighted by Gasteiger charge is -2.25. The van der Waals surface area contributed by atoms with Crippen LogP contribution in [0.4, 0.5) is 0 Å². The Bertz CT molecular complexity index is 316. The lowest BCUT2D eigenvalue weighted by atomic mass is 10.1. The number of hydrogen-bond donors (Lipinski definition) is 1. The molecule has 0 radical (unpaired) electrons. The van der Waals surface area contributed by atoms with Gasteiger partial charge in [0.1, 0.15) is 0 Å². The van der Waals surface area contributed by atoms with E-state index in [4.69, 9.17) is 0 Å². The summed E-state index contributed by atoms with van der Waals surface area (Å²) in [6.07, 6.45) is 2.16. The molecule has 1 unspecified atom stereocenters. The van der Waals surface area contributed by atoms with Gasteiger partial charge < -0.3 is 5.32 Å². The van der Waals surface area contributed by atoms with Gasteiger partial charge in [0.2, 0.25) is 0 Å². The van der Waals surface area contributed by atoms with Crippen molar-refractivity contribution in [3.63, 3.8) is 0 Å². The molecule has 1 nitrogen and oxygen atoms in total. The second-order valence-electron chi connectivity index (χ2n) is 4.98. The largest absolute Gasteiger partial charge is 0.309 e. The molecule has 1 N–H and O–H groups in total. The van der Waals surface area contributed by atoms with Crippen LogP contribution >= 0.6 is 11.8 Å². The molecule has 2 heteroatoms. The van der Waals surface area contributed by atoms with Crippen LogP contribution in [0.2, 0.25) is 0 Å². The van der Waals surface area contributed by atoms with E-state index in [1.807, 2.05) is 11.8 Å². The number of thioether (sulfide) groups is 1. The number of aryl methyl sites for hydroxylation is 1. The summed E-state index contributed by atoms with van der Waals surface area (Å²) in [6.45, 7) is 9.92. The molecule has 1 aromatic carbocycles. The van der Waals surface area contributed by atoms with Crippen molar-refractivity contribution in [1.29, 1.82) is 0 Å². The van der Waals surface area contributed by atoms with Gasteiger partial charge in [0.05, 0.1) is 0 Å². The first kappa shape index (κ1) is 13.6. The summed E-state index contributed by atoms with van der Waals surface area (Å²) in [5, 5.41) is 3.59. The van der Waals surface area contributed by atoms with Crippen molar-refractivity contribution < 1.29 is 0 Å². The smallest absolute Gasteiger partial charge is 0.0292 e. The molecular formula is C14H23NS. The topological polar surface area (TPSA) is 12.0 Å². The zero-order valence-corrected chi connectivity index (χ0v) is 11.8. The van der Waals surface area contributed by atoms with Gasteiger partial charge in [-0.25, -0.2) is 0 Å². The fourth-order valence-corrected chi connectivity index (χ4v) is 1.67. The molecule has 0 aliphatic carbocycles. The fraction of sp³-hybridized carbons (Fsp3) is 0.571. The van der Waals surface area contributed by atoms with Gasteiger partial charge in [-0.1, -0.05) is 29.8 Å². The quantitative estimate of drug-likeness (QED) is 0.836. The Kier molecular flexibility index (Phi) is 4.88. The third-order valence-corrected chi connectivity index (χ3v) is 4.21. The van der Waals surface area contributed by atoms with Crippen LogP contribution in [0, 0.1) is 6.92 Å². The average Bonchev–Trinajstić information content (AvgIpc) is 2.27. The SMILES string of the molecule is CSC(C)(C)CNC(C)c1ccc(C)cc1. The predicted octanol–water partition coefficient (Wildman–Crippen LogP) is 3.79. The van der Waals surface area contributed by atoms with Crippen molar-refractivity contribution in [2.45, 2.75) is 38.5 Å². The Morgan fingerprint density at radius 1 is 1.25 bits per heavy atom. The Morgan fingerprint density at radius 2 is 1.81 bits per heavy atom. The lowest BCUT2D eigenvalue weighted by Crippen LogP contribution is -2.33. The van der Waals surface area contributed by atoms with Crippen LogP contribution in [0.25, 0.3) is 0 Å². The highest BCUT2D eigenvalue weighted by Gasteiger charge is 2.16. The summed E-state index contributed by atoms with van der Waals surface area (Å²) in [5.74, 6) is 0. The molecule has 16 heavy (non-hydrogen) atoms. The monoisotopic (exact) mass is 237 g/mol. The Labute approximate surface area is 104 Å². The van der Waals surface area contributed by atoms with E-state index in [0.29, 0.717) is 10.8 Å². The summed E-state index contributed by atoms with van der Waals surface area (Å²) in [4.78, 5) is 0. The van der Waals surface area contributed by atoms with E-state index in [9.17, 15) is 0 Å². The van der Waals surface area contributed by atoms with Gasteiger partial charge in [0.15, 0.2) is 0 Å². The molecule has 0 aromatic heterocycles. The summed E-state index contributed by atoms with van der Waals surface area (Å²) < 4.78 is 0.305. The summed E-state index contributed by atoms with van der Waals surface area (Å²) in [6, 6.07) is 9.19. The van der Waals surface area contributed by atoms with Crippen molar-refractivity contribution in [1.82, 2.24) is 5.32 Å². The summed E-state index contributed by atoms with van der Waals surface area (Å²) >= 11 is 1.90. The minimum absolute atomic E-state index is 0.305. The van der Waals surface area contributed by atoms with Crippen molar-refractivity contribution >= 4 is 11.8 Å². The first-order valence-corrected chi connectivity index (χ1v) is 7.02. The normalized spacial score (nSPS) is 13.8. The van der Waals surface area contributed by atoms with Gasteiger partial charge >= 0.3 is 0 Å². The van der Waals surface area contributed by atoms with E-state index >= 15 is 0 Å². The fourth-order valence-electron chi connectivity index (χ4n) is 1.44. The molecule has 0 aliphatic rings. The molecule has 1 rings (SSSR count). The molecule has 0 heterocycles. The van der Waals surface area contributed by atoms with E-state index in [-0.39, 0.29) is 0 Å². The van der Waals surface area contributed by atoms with Gasteiger partial charge in [-0.2, -0.15) is 11.8 Å². The van der Waals surface area contributed by atoms with Crippen LogP contribution in [0.1, 0.15) is 37.9 Å². The van der Waals surface area contributed by atoms with Crippen LogP contribution in [-0.2, 0) is 0 Å². The minimum Gasteiger partial charge on any atom is -0.309 e. The van der Waals surface area contributed by atoms with Crippen molar-refractivity contribution in [2.24, 2.45) is 0 Å². The van der Waals surface area contributed by atoms with Gasteiger partial charge in [-0.15, -0.1) is 0 Å². The third-order valence-electron chi connectivity index (χ3n) is 2.96. The molecule has 0 amide bonds. The molecule has 90 valence electrons. The molecule has 0 saturated heterocycles. The number of benzene rings is 1. The van der Waals surface area contributed by atoms with Crippen LogP contribution < -0.4 is 5.32 Å². The second-order valence-corrected chi connectivity index (χ2v) is 6.49. The van der Waals surface area contributed by atoms with Crippen molar-refractivity contribution in [2.75, 3.05) is 12.8 Å². The van der Waals surface area contributed by atoms with Gasteiger partial charge in [0.25, 0.3) is 0 Å². The number of rotatable bonds is 5. The lowest BCUT2D eigenvalue weighted by molar-refractivity contribution is 0.522. The van der Waals surface area contributed by atoms with Crippen LogP contribution in [0.5, 0.6) is 0 Å². The van der Waals surface area contributed by atoms with E-state index in [2.05, 4.69) is 63.5 Å². The Balaban J connectivity index is 2.53. The van der Waals surface area contributed by atoms with Crippen molar-refractivity contribution in [3.05, 3.63) is 35.4 Å². The number of nitrogens with one attached hydrogen (secondary N) is 1. The van der Waals surface area contributed by atoms with E-state index < -0.39 is 0 Å². The maximum absolute atomic E-state index is 3.59. The molecule has 0 fully saturated rings. The predicted molar refractivity (Wildman–Crippen MR) is 75.2 cm³/mol. The molecule has 0 spiro atoms. The van der Waals surface area contributed by atoms with Crippen LogP contribution in [-0.4, -0.2) is 17.5 Å². The van der Waals surface area contributed by atoms with Crippen molar-refractivity contribution in [3.8, 4) is 0 Å². The molecule has 0 bridgehead atoms. The third kappa shape index (κ3) is 4.18. The summed E-state index contributed by atoms with van der Waals surface area (Å²) in [7, 11) is 0. The first-order chi connectivity index (χ1) is 7.44. The highest BCUT2D eigenvalue weighted by molar-refractivity contribution is 7.99. The molecule has 0 saturated carbocycles. The highest BCUT2D eigenvalue weighted by atomic mass is 32.2. The second kappa shape index (κ2) is 5.74. The average molecular weight is 237 g/mol. The van der Waals surface area contributed by atoms with E-state index in [1.165, 1.54) is 11.1 Å².